The first-order chi connectivity index (χ1) is 14.5. The summed E-state index contributed by atoms with van der Waals surface area (Å²) in [6.45, 7) is 2.81. The Morgan fingerprint density at radius 1 is 1.06 bits per heavy atom. The summed E-state index contributed by atoms with van der Waals surface area (Å²) in [6.07, 6.45) is 4.64. The maximum Gasteiger partial charge on any atom is 0.208 e. The lowest BCUT2D eigenvalue weighted by molar-refractivity contribution is -0.236. The van der Waals surface area contributed by atoms with Gasteiger partial charge in [-0.2, -0.15) is 0 Å². The highest BCUT2D eigenvalue weighted by Gasteiger charge is 2.75. The number of Topliss-reactive ketones (excluding diaryl/α,β-unsaturated/α-hetero) is 3. The Labute approximate surface area is 182 Å². The number of aromatic nitrogens is 2. The fraction of sp³-hybridized carbons (Fsp3) is 0.381. The molecule has 4 atom stereocenters. The van der Waals surface area contributed by atoms with Crippen molar-refractivity contribution in [3.8, 4) is 17.0 Å². The van der Waals surface area contributed by atoms with Crippen LogP contribution in [0.1, 0.15) is 20.8 Å². The number of carbonyl (C=O) groups excluding carboxylic acids is 3. The maximum atomic E-state index is 12.5. The molecule has 0 unspecified atom stereocenters. The van der Waals surface area contributed by atoms with Crippen LogP contribution in [0.5, 0.6) is 5.75 Å². The molecule has 9 nitrogen and oxygen atoms in total. The number of nitrogens with zero attached hydrogens (tertiary/aromatic N) is 2. The Balaban J connectivity index is 2.06. The van der Waals surface area contributed by atoms with Crippen LogP contribution in [0.15, 0.2) is 42.9 Å². The lowest BCUT2D eigenvalue weighted by Gasteiger charge is -2.54. The van der Waals surface area contributed by atoms with Gasteiger partial charge in [0.1, 0.15) is 5.75 Å². The highest BCUT2D eigenvalue weighted by atomic mass is 32.2. The number of ketones is 3. The lowest BCUT2D eigenvalue weighted by Crippen LogP contribution is -2.82. The van der Waals surface area contributed by atoms with Crippen molar-refractivity contribution in [3.05, 3.63) is 42.9 Å². The third kappa shape index (κ3) is 3.45. The first-order valence-corrected chi connectivity index (χ1v) is 10.4. The average Bonchev–Trinajstić information content (AvgIpc) is 2.74. The first kappa shape index (κ1) is 23.0. The van der Waals surface area contributed by atoms with Gasteiger partial charge in [0.15, 0.2) is 34.0 Å². The van der Waals surface area contributed by atoms with Gasteiger partial charge in [0.25, 0.3) is 0 Å². The summed E-state index contributed by atoms with van der Waals surface area (Å²) >= 11 is 0.741. The van der Waals surface area contributed by atoms with Crippen molar-refractivity contribution in [2.24, 2.45) is 0 Å². The molecule has 2 aromatic heterocycles. The number of aliphatic hydroxyl groups is 3. The van der Waals surface area contributed by atoms with Crippen LogP contribution in [0.25, 0.3) is 11.3 Å². The molecule has 0 aliphatic carbocycles. The van der Waals surface area contributed by atoms with Crippen molar-refractivity contribution in [1.82, 2.24) is 9.97 Å². The van der Waals surface area contributed by atoms with E-state index in [4.69, 9.17) is 4.74 Å². The van der Waals surface area contributed by atoms with E-state index in [2.05, 4.69) is 9.97 Å². The van der Waals surface area contributed by atoms with E-state index in [9.17, 15) is 29.7 Å². The van der Waals surface area contributed by atoms with Gasteiger partial charge in [-0.25, -0.2) is 0 Å². The molecular weight excluding hydrogens is 424 g/mol. The molecular formula is C21H22N2O7S. The van der Waals surface area contributed by atoms with E-state index in [-0.39, 0.29) is 5.75 Å². The van der Waals surface area contributed by atoms with Gasteiger partial charge in [-0.1, -0.05) is 0 Å². The van der Waals surface area contributed by atoms with Gasteiger partial charge < -0.3 is 20.1 Å². The van der Waals surface area contributed by atoms with Gasteiger partial charge in [-0.15, -0.1) is 11.8 Å². The van der Waals surface area contributed by atoms with E-state index >= 15 is 0 Å². The smallest absolute Gasteiger partial charge is 0.208 e. The normalized spacial score (nSPS) is 30.5. The molecule has 0 aromatic carbocycles. The van der Waals surface area contributed by atoms with Crippen LogP contribution >= 0.6 is 11.8 Å². The summed E-state index contributed by atoms with van der Waals surface area (Å²) < 4.78 is 5.81. The van der Waals surface area contributed by atoms with Crippen LogP contribution in [-0.4, -0.2) is 70.6 Å². The van der Waals surface area contributed by atoms with E-state index in [0.717, 1.165) is 32.5 Å². The minimum Gasteiger partial charge on any atom is -0.476 e. The monoisotopic (exact) mass is 446 g/mol. The van der Waals surface area contributed by atoms with Crippen molar-refractivity contribution in [2.75, 3.05) is 5.75 Å². The van der Waals surface area contributed by atoms with Gasteiger partial charge in [0.05, 0.1) is 5.69 Å². The summed E-state index contributed by atoms with van der Waals surface area (Å²) in [5, 5.41) is 33.4. The minimum atomic E-state index is -3.10. The van der Waals surface area contributed by atoms with Crippen LogP contribution < -0.4 is 4.74 Å². The third-order valence-corrected chi connectivity index (χ3v) is 6.82. The van der Waals surface area contributed by atoms with E-state index < -0.39 is 45.3 Å². The Kier molecular flexibility index (Phi) is 6.03. The molecule has 10 heteroatoms. The third-order valence-electron chi connectivity index (χ3n) is 5.50. The number of hydrogen-bond donors (Lipinski definition) is 3. The van der Waals surface area contributed by atoms with Crippen molar-refractivity contribution >= 4 is 29.1 Å². The minimum absolute atomic E-state index is 0.185. The molecule has 3 N–H and O–H groups in total. The van der Waals surface area contributed by atoms with Gasteiger partial charge in [0, 0.05) is 36.0 Å². The van der Waals surface area contributed by atoms with Crippen LogP contribution in [0.4, 0.5) is 0 Å². The summed E-state index contributed by atoms with van der Waals surface area (Å²) in [5.74, 6) is -3.42. The maximum absolute atomic E-state index is 12.5. The number of hydrogen-bond acceptors (Lipinski definition) is 10. The van der Waals surface area contributed by atoms with Crippen molar-refractivity contribution in [3.63, 3.8) is 0 Å². The number of rotatable bonds is 6. The molecule has 3 heterocycles. The van der Waals surface area contributed by atoms with Gasteiger partial charge in [-0.3, -0.25) is 24.4 Å². The molecule has 0 amide bonds. The molecule has 164 valence electrons. The zero-order valence-electron chi connectivity index (χ0n) is 17.1. The zero-order chi connectivity index (χ0) is 23.0. The van der Waals surface area contributed by atoms with Crippen LogP contribution in [0.3, 0.4) is 0 Å². The predicted octanol–water partition coefficient (Wildman–Crippen LogP) is 0.556. The molecule has 1 saturated heterocycles. The first-order valence-electron chi connectivity index (χ1n) is 9.33. The van der Waals surface area contributed by atoms with Gasteiger partial charge >= 0.3 is 0 Å². The van der Waals surface area contributed by atoms with Crippen molar-refractivity contribution in [2.45, 2.75) is 43.0 Å². The molecule has 1 fully saturated rings. The summed E-state index contributed by atoms with van der Waals surface area (Å²) in [7, 11) is 0. The van der Waals surface area contributed by atoms with Gasteiger partial charge in [-0.05, 0) is 39.0 Å². The average molecular weight is 446 g/mol. The Morgan fingerprint density at radius 3 is 2.32 bits per heavy atom. The molecule has 0 spiro atoms. The molecule has 31 heavy (non-hydrogen) atoms. The quantitative estimate of drug-likeness (QED) is 0.575. The Hall–Kier alpha value is -2.66. The van der Waals surface area contributed by atoms with Crippen LogP contribution in [0, 0.1) is 0 Å². The highest BCUT2D eigenvalue weighted by Crippen LogP contribution is 2.49. The Morgan fingerprint density at radius 2 is 1.77 bits per heavy atom. The van der Waals surface area contributed by atoms with E-state index in [1.54, 1.807) is 24.5 Å². The summed E-state index contributed by atoms with van der Waals surface area (Å²) in [5.41, 5.74) is -8.99. The second kappa shape index (κ2) is 8.12. The highest BCUT2D eigenvalue weighted by molar-refractivity contribution is 8.00. The topological polar surface area (TPSA) is 147 Å². The molecule has 0 radical (unpaired) electrons. The molecule has 0 saturated carbocycles. The summed E-state index contributed by atoms with van der Waals surface area (Å²) in [4.78, 5) is 45.4. The second-order valence-electron chi connectivity index (χ2n) is 7.38. The standard InChI is InChI=1S/C21H22N2O7S/c1-12(24)19(27)11-31-18(20(28,13(2)25)21(19,29)14(3)26)30-16-6-8-23-17(9-16)15-5-4-7-22-10-15/h4-10,18,27-29H,11H2,1-3H3/t18-,19-,20-,21-/m0/s1. The molecule has 3 rings (SSSR count). The molecule has 1 aliphatic heterocycles. The van der Waals surface area contributed by atoms with Crippen LogP contribution in [-0.2, 0) is 14.4 Å². The second-order valence-corrected chi connectivity index (χ2v) is 8.44. The lowest BCUT2D eigenvalue weighted by atomic mass is 9.65. The van der Waals surface area contributed by atoms with Crippen molar-refractivity contribution < 1.29 is 34.4 Å². The number of thioether (sulfide) groups is 1. The Bertz CT molecular complexity index is 1030. The summed E-state index contributed by atoms with van der Waals surface area (Å²) in [6, 6.07) is 6.52. The molecule has 1 aliphatic rings. The SMILES string of the molecule is CC(=O)[C@]1(O)[C@@](O)(C(C)=O)CS[C@H](Oc2ccnc(-c3cccnc3)c2)[C@@]1(O)C(C)=O. The molecule has 0 bridgehead atoms. The number of ether oxygens (including phenoxy) is 1. The van der Waals surface area contributed by atoms with E-state index in [1.165, 1.54) is 18.3 Å². The fourth-order valence-electron chi connectivity index (χ4n) is 3.64. The zero-order valence-corrected chi connectivity index (χ0v) is 17.9. The van der Waals surface area contributed by atoms with Gasteiger partial charge in [0.2, 0.25) is 5.60 Å². The largest absolute Gasteiger partial charge is 0.476 e. The van der Waals surface area contributed by atoms with E-state index in [0.29, 0.717) is 11.3 Å². The fourth-order valence-corrected chi connectivity index (χ4v) is 5.20. The van der Waals surface area contributed by atoms with Crippen molar-refractivity contribution in [1.29, 1.82) is 0 Å². The number of carbonyl (C=O) groups is 3. The predicted molar refractivity (Wildman–Crippen MR) is 111 cm³/mol. The van der Waals surface area contributed by atoms with E-state index in [1.807, 2.05) is 0 Å². The van der Waals surface area contributed by atoms with Crippen LogP contribution in [0.2, 0.25) is 0 Å². The number of pyridine rings is 2. The molecule has 2 aromatic rings.